The van der Waals surface area contributed by atoms with E-state index >= 15 is 0 Å². The molecule has 0 radical (unpaired) electrons. The van der Waals surface area contributed by atoms with Crippen molar-refractivity contribution in [2.75, 3.05) is 5.33 Å². The van der Waals surface area contributed by atoms with Crippen molar-refractivity contribution in [3.63, 3.8) is 0 Å². The van der Waals surface area contributed by atoms with E-state index in [0.717, 1.165) is 28.5 Å². The minimum absolute atomic E-state index is 0.636. The van der Waals surface area contributed by atoms with E-state index in [9.17, 15) is 0 Å². The van der Waals surface area contributed by atoms with Crippen LogP contribution in [-0.2, 0) is 6.42 Å². The van der Waals surface area contributed by atoms with Crippen molar-refractivity contribution in [1.29, 1.82) is 5.26 Å². The molecule has 2 aromatic rings. The molecule has 2 nitrogen and oxygen atoms in total. The van der Waals surface area contributed by atoms with Gasteiger partial charge in [0.2, 0.25) is 0 Å². The number of furan rings is 1. The van der Waals surface area contributed by atoms with E-state index in [-0.39, 0.29) is 0 Å². The fraction of sp³-hybridized carbons (Fsp3) is 0.182. The molecule has 0 unspecified atom stereocenters. The van der Waals surface area contributed by atoms with Crippen molar-refractivity contribution in [3.8, 4) is 6.07 Å². The number of aryl methyl sites for hydroxylation is 1. The van der Waals surface area contributed by atoms with Gasteiger partial charge in [0.1, 0.15) is 11.3 Å². The first-order valence-corrected chi connectivity index (χ1v) is 5.44. The lowest BCUT2D eigenvalue weighted by molar-refractivity contribution is 0.559. The fourth-order valence-electron chi connectivity index (χ4n) is 1.37. The Morgan fingerprint density at radius 2 is 2.21 bits per heavy atom. The molecule has 3 heteroatoms. The van der Waals surface area contributed by atoms with Crippen LogP contribution in [0.4, 0.5) is 0 Å². The van der Waals surface area contributed by atoms with E-state index in [4.69, 9.17) is 9.68 Å². The zero-order chi connectivity index (χ0) is 9.97. The van der Waals surface area contributed by atoms with Gasteiger partial charge in [0.05, 0.1) is 11.6 Å². The second-order valence-corrected chi connectivity index (χ2v) is 3.81. The summed E-state index contributed by atoms with van der Waals surface area (Å²) in [5.41, 5.74) is 1.43. The maximum absolute atomic E-state index is 8.71. The molecule has 1 heterocycles. The van der Waals surface area contributed by atoms with Crippen molar-refractivity contribution in [3.05, 3.63) is 35.6 Å². The molecule has 0 amide bonds. The first-order chi connectivity index (χ1) is 6.83. The Kier molecular flexibility index (Phi) is 2.55. The SMILES string of the molecule is N#Cc1ccc2cc(CCBr)oc2c1. The molecule has 1 aromatic carbocycles. The van der Waals surface area contributed by atoms with E-state index in [1.165, 1.54) is 0 Å². The van der Waals surface area contributed by atoms with Crippen LogP contribution in [-0.4, -0.2) is 5.33 Å². The van der Waals surface area contributed by atoms with Crippen LogP contribution in [0.5, 0.6) is 0 Å². The van der Waals surface area contributed by atoms with E-state index in [1.54, 1.807) is 12.1 Å². The Morgan fingerprint density at radius 1 is 1.36 bits per heavy atom. The molecule has 0 spiro atoms. The van der Waals surface area contributed by atoms with Crippen LogP contribution in [0.1, 0.15) is 11.3 Å². The van der Waals surface area contributed by atoms with Crippen molar-refractivity contribution >= 4 is 26.9 Å². The van der Waals surface area contributed by atoms with Crippen molar-refractivity contribution < 1.29 is 4.42 Å². The van der Waals surface area contributed by atoms with Gasteiger partial charge in [-0.05, 0) is 24.3 Å². The molecule has 14 heavy (non-hydrogen) atoms. The van der Waals surface area contributed by atoms with E-state index in [1.807, 2.05) is 12.1 Å². The molecule has 0 bridgehead atoms. The average Bonchev–Trinajstić information content (AvgIpc) is 2.59. The summed E-state index contributed by atoms with van der Waals surface area (Å²) in [5.74, 6) is 0.951. The molecule has 0 aliphatic carbocycles. The molecule has 0 saturated carbocycles. The van der Waals surface area contributed by atoms with Gasteiger partial charge < -0.3 is 4.42 Å². The van der Waals surface area contributed by atoms with Gasteiger partial charge >= 0.3 is 0 Å². The quantitative estimate of drug-likeness (QED) is 0.767. The maximum atomic E-state index is 8.71. The van der Waals surface area contributed by atoms with Gasteiger partial charge in [-0.1, -0.05) is 15.9 Å². The summed E-state index contributed by atoms with van der Waals surface area (Å²) in [6.45, 7) is 0. The largest absolute Gasteiger partial charge is 0.461 e. The van der Waals surface area contributed by atoms with E-state index < -0.39 is 0 Å². The first kappa shape index (κ1) is 9.29. The minimum atomic E-state index is 0.636. The zero-order valence-corrected chi connectivity index (χ0v) is 9.04. The lowest BCUT2D eigenvalue weighted by Gasteiger charge is -1.88. The summed E-state index contributed by atoms with van der Waals surface area (Å²) >= 11 is 3.36. The molecule has 0 aliphatic rings. The average molecular weight is 250 g/mol. The number of nitrogens with zero attached hydrogens (tertiary/aromatic N) is 1. The molecule has 0 atom stereocenters. The van der Waals surface area contributed by atoms with Gasteiger partial charge in [-0.25, -0.2) is 0 Å². The third-order valence-electron chi connectivity index (χ3n) is 2.04. The second kappa shape index (κ2) is 3.85. The van der Waals surface area contributed by atoms with Crippen LogP contribution < -0.4 is 0 Å². The Balaban J connectivity index is 2.50. The molecular weight excluding hydrogens is 242 g/mol. The Labute approximate surface area is 90.3 Å². The van der Waals surface area contributed by atoms with Crippen LogP contribution in [0, 0.1) is 11.3 Å². The van der Waals surface area contributed by atoms with Gasteiger partial charge in [0, 0.05) is 17.1 Å². The van der Waals surface area contributed by atoms with Crippen molar-refractivity contribution in [2.45, 2.75) is 6.42 Å². The number of halogens is 1. The molecule has 0 fully saturated rings. The Morgan fingerprint density at radius 3 is 2.93 bits per heavy atom. The monoisotopic (exact) mass is 249 g/mol. The summed E-state index contributed by atoms with van der Waals surface area (Å²) in [5, 5.41) is 10.7. The van der Waals surface area contributed by atoms with Crippen LogP contribution in [0.15, 0.2) is 28.7 Å². The van der Waals surface area contributed by atoms with Crippen LogP contribution >= 0.6 is 15.9 Å². The normalized spacial score (nSPS) is 10.3. The summed E-state index contributed by atoms with van der Waals surface area (Å²) < 4.78 is 5.57. The van der Waals surface area contributed by atoms with E-state index in [2.05, 4.69) is 22.0 Å². The maximum Gasteiger partial charge on any atom is 0.135 e. The highest BCUT2D eigenvalue weighted by atomic mass is 79.9. The Bertz CT molecular complexity index is 495. The smallest absolute Gasteiger partial charge is 0.135 e. The summed E-state index contributed by atoms with van der Waals surface area (Å²) in [6.07, 6.45) is 0.872. The predicted octanol–water partition coefficient (Wildman–Crippen LogP) is 3.24. The zero-order valence-electron chi connectivity index (χ0n) is 7.46. The number of benzene rings is 1. The van der Waals surface area contributed by atoms with E-state index in [0.29, 0.717) is 5.56 Å². The van der Waals surface area contributed by atoms with Crippen molar-refractivity contribution in [1.82, 2.24) is 0 Å². The molecule has 1 aromatic heterocycles. The number of rotatable bonds is 2. The number of alkyl halides is 1. The van der Waals surface area contributed by atoms with Crippen LogP contribution in [0.2, 0.25) is 0 Å². The first-order valence-electron chi connectivity index (χ1n) is 4.32. The molecule has 0 aliphatic heterocycles. The third kappa shape index (κ3) is 1.66. The van der Waals surface area contributed by atoms with Gasteiger partial charge in [0.15, 0.2) is 0 Å². The van der Waals surface area contributed by atoms with Gasteiger partial charge in [0.25, 0.3) is 0 Å². The van der Waals surface area contributed by atoms with Crippen LogP contribution in [0.3, 0.4) is 0 Å². The number of hydrogen-bond acceptors (Lipinski definition) is 2. The molecule has 0 saturated heterocycles. The number of hydrogen-bond donors (Lipinski definition) is 0. The number of nitriles is 1. The molecule has 0 N–H and O–H groups in total. The summed E-state index contributed by atoms with van der Waals surface area (Å²) in [6, 6.07) is 9.59. The summed E-state index contributed by atoms with van der Waals surface area (Å²) in [4.78, 5) is 0. The predicted molar refractivity (Wildman–Crippen MR) is 58.4 cm³/mol. The minimum Gasteiger partial charge on any atom is -0.461 e. The summed E-state index contributed by atoms with van der Waals surface area (Å²) in [7, 11) is 0. The lowest BCUT2D eigenvalue weighted by atomic mass is 10.2. The van der Waals surface area contributed by atoms with Crippen molar-refractivity contribution in [2.24, 2.45) is 0 Å². The Hall–Kier alpha value is -1.27. The van der Waals surface area contributed by atoms with Gasteiger partial charge in [-0.3, -0.25) is 0 Å². The lowest BCUT2D eigenvalue weighted by Crippen LogP contribution is -1.78. The second-order valence-electron chi connectivity index (χ2n) is 3.02. The topological polar surface area (TPSA) is 36.9 Å². The van der Waals surface area contributed by atoms with Gasteiger partial charge in [-0.15, -0.1) is 0 Å². The third-order valence-corrected chi connectivity index (χ3v) is 2.44. The molecule has 2 rings (SSSR count). The molecule has 70 valence electrons. The highest BCUT2D eigenvalue weighted by Crippen LogP contribution is 2.21. The number of fused-ring (bicyclic) bond motifs is 1. The highest BCUT2D eigenvalue weighted by Gasteiger charge is 2.03. The van der Waals surface area contributed by atoms with Crippen LogP contribution in [0.25, 0.3) is 11.0 Å². The van der Waals surface area contributed by atoms with Gasteiger partial charge in [-0.2, -0.15) is 5.26 Å². The molecular formula is C11H8BrNO. The fourth-order valence-corrected chi connectivity index (χ4v) is 1.76. The standard InChI is InChI=1S/C11H8BrNO/c12-4-3-10-6-9-2-1-8(7-13)5-11(9)14-10/h1-2,5-6H,3-4H2. The highest BCUT2D eigenvalue weighted by molar-refractivity contribution is 9.09.